The molecular weight excluding hydrogens is 386 g/mol. The average Bonchev–Trinajstić information content (AvgIpc) is 2.61. The fourth-order valence-corrected chi connectivity index (χ4v) is 5.09. The van der Waals surface area contributed by atoms with Crippen LogP contribution in [0, 0.1) is 5.92 Å². The van der Waals surface area contributed by atoms with Crippen LogP contribution in [0.3, 0.4) is 0 Å². The van der Waals surface area contributed by atoms with Crippen molar-refractivity contribution in [1.29, 1.82) is 0 Å². The SMILES string of the molecule is CC(C)CC(CN)NC(=O)c1ccc(S(=O)(=O)N2CCCCC2C)cc1.Cl. The minimum absolute atomic E-state index is 0. The summed E-state index contributed by atoms with van der Waals surface area (Å²) in [5.41, 5.74) is 6.17. The Kier molecular flexibility index (Phi) is 9.21. The molecule has 0 bridgehead atoms. The highest BCUT2D eigenvalue weighted by molar-refractivity contribution is 7.89. The highest BCUT2D eigenvalue weighted by Gasteiger charge is 2.30. The molecule has 2 unspecified atom stereocenters. The summed E-state index contributed by atoms with van der Waals surface area (Å²) >= 11 is 0. The molecular formula is C19H32ClN3O3S. The van der Waals surface area contributed by atoms with Crippen LogP contribution in [-0.4, -0.2) is 43.8 Å². The quantitative estimate of drug-likeness (QED) is 0.713. The van der Waals surface area contributed by atoms with Crippen molar-refractivity contribution in [3.8, 4) is 0 Å². The molecule has 1 aromatic carbocycles. The van der Waals surface area contributed by atoms with Crippen LogP contribution >= 0.6 is 12.4 Å². The molecule has 0 aliphatic carbocycles. The summed E-state index contributed by atoms with van der Waals surface area (Å²) in [7, 11) is -3.52. The Balaban J connectivity index is 0.00000364. The van der Waals surface area contributed by atoms with Gasteiger partial charge in [0.1, 0.15) is 0 Å². The Labute approximate surface area is 169 Å². The first kappa shape index (κ1) is 23.9. The van der Waals surface area contributed by atoms with Crippen LogP contribution < -0.4 is 11.1 Å². The lowest BCUT2D eigenvalue weighted by Gasteiger charge is -2.32. The smallest absolute Gasteiger partial charge is 0.251 e. The van der Waals surface area contributed by atoms with E-state index in [-0.39, 0.29) is 35.3 Å². The van der Waals surface area contributed by atoms with Crippen molar-refractivity contribution in [3.63, 3.8) is 0 Å². The molecule has 154 valence electrons. The molecule has 1 fully saturated rings. The molecule has 2 atom stereocenters. The molecule has 1 saturated heterocycles. The molecule has 27 heavy (non-hydrogen) atoms. The van der Waals surface area contributed by atoms with E-state index in [2.05, 4.69) is 19.2 Å². The van der Waals surface area contributed by atoms with E-state index in [1.165, 1.54) is 12.1 Å². The minimum atomic E-state index is -3.52. The van der Waals surface area contributed by atoms with Crippen molar-refractivity contribution in [2.75, 3.05) is 13.1 Å². The lowest BCUT2D eigenvalue weighted by Crippen LogP contribution is -2.42. The Morgan fingerprint density at radius 1 is 1.26 bits per heavy atom. The van der Waals surface area contributed by atoms with Gasteiger partial charge < -0.3 is 11.1 Å². The van der Waals surface area contributed by atoms with Crippen LogP contribution in [0.2, 0.25) is 0 Å². The van der Waals surface area contributed by atoms with Crippen LogP contribution in [0.1, 0.15) is 56.8 Å². The molecule has 1 heterocycles. The molecule has 3 N–H and O–H groups in total. The Bertz CT molecular complexity index is 707. The second-order valence-corrected chi connectivity index (χ2v) is 9.41. The Morgan fingerprint density at radius 3 is 2.41 bits per heavy atom. The zero-order valence-corrected chi connectivity index (χ0v) is 18.0. The summed E-state index contributed by atoms with van der Waals surface area (Å²) in [4.78, 5) is 12.6. The number of amides is 1. The number of piperidine rings is 1. The number of nitrogens with two attached hydrogens (primary N) is 1. The maximum Gasteiger partial charge on any atom is 0.251 e. The van der Waals surface area contributed by atoms with E-state index in [0.717, 1.165) is 25.7 Å². The van der Waals surface area contributed by atoms with Crippen LogP contribution in [0.25, 0.3) is 0 Å². The van der Waals surface area contributed by atoms with E-state index >= 15 is 0 Å². The fourth-order valence-electron chi connectivity index (χ4n) is 3.39. The number of carbonyl (C=O) groups excluding carboxylic acids is 1. The van der Waals surface area contributed by atoms with Crippen molar-refractivity contribution in [2.45, 2.75) is 63.4 Å². The lowest BCUT2D eigenvalue weighted by atomic mass is 10.0. The number of sulfonamides is 1. The van der Waals surface area contributed by atoms with Gasteiger partial charge in [-0.2, -0.15) is 4.31 Å². The molecule has 0 aromatic heterocycles. The van der Waals surface area contributed by atoms with E-state index in [4.69, 9.17) is 5.73 Å². The van der Waals surface area contributed by atoms with Gasteiger partial charge in [0.25, 0.3) is 5.91 Å². The van der Waals surface area contributed by atoms with Crippen LogP contribution in [0.5, 0.6) is 0 Å². The van der Waals surface area contributed by atoms with Gasteiger partial charge in [-0.05, 0) is 56.4 Å². The number of halogens is 1. The number of carbonyl (C=O) groups is 1. The van der Waals surface area contributed by atoms with E-state index in [1.54, 1.807) is 16.4 Å². The van der Waals surface area contributed by atoms with Gasteiger partial charge in [0, 0.05) is 30.7 Å². The molecule has 1 amide bonds. The maximum atomic E-state index is 12.8. The number of hydrogen-bond acceptors (Lipinski definition) is 4. The van der Waals surface area contributed by atoms with E-state index in [9.17, 15) is 13.2 Å². The Morgan fingerprint density at radius 2 is 1.89 bits per heavy atom. The molecule has 1 aromatic rings. The minimum Gasteiger partial charge on any atom is -0.348 e. The standard InChI is InChI=1S/C19H31N3O3S.ClH/c1-14(2)12-17(13-20)21-19(23)16-7-9-18(10-8-16)26(24,25)22-11-5-4-6-15(22)3;/h7-10,14-15,17H,4-6,11-13,20H2,1-3H3,(H,21,23);1H. The summed E-state index contributed by atoms with van der Waals surface area (Å²) in [6, 6.07) is 6.11. The van der Waals surface area contributed by atoms with Gasteiger partial charge in [-0.3, -0.25) is 4.79 Å². The number of nitrogens with one attached hydrogen (secondary N) is 1. The third-order valence-electron chi connectivity index (χ3n) is 4.84. The first-order valence-corrected chi connectivity index (χ1v) is 10.8. The zero-order chi connectivity index (χ0) is 19.3. The molecule has 2 rings (SSSR count). The third kappa shape index (κ3) is 6.17. The molecule has 1 aliphatic rings. The highest BCUT2D eigenvalue weighted by atomic mass is 35.5. The molecule has 0 radical (unpaired) electrons. The van der Waals surface area contributed by atoms with Gasteiger partial charge >= 0.3 is 0 Å². The van der Waals surface area contributed by atoms with Gasteiger partial charge in [-0.25, -0.2) is 8.42 Å². The van der Waals surface area contributed by atoms with E-state index in [1.807, 2.05) is 6.92 Å². The summed E-state index contributed by atoms with van der Waals surface area (Å²) in [6.07, 6.45) is 3.64. The highest BCUT2D eigenvalue weighted by Crippen LogP contribution is 2.25. The number of rotatable bonds is 7. The van der Waals surface area contributed by atoms with Crippen molar-refractivity contribution in [3.05, 3.63) is 29.8 Å². The summed E-state index contributed by atoms with van der Waals surface area (Å²) in [6.45, 7) is 7.04. The second-order valence-electron chi connectivity index (χ2n) is 7.52. The zero-order valence-electron chi connectivity index (χ0n) is 16.3. The monoisotopic (exact) mass is 417 g/mol. The van der Waals surface area contributed by atoms with Crippen molar-refractivity contribution >= 4 is 28.3 Å². The predicted molar refractivity (Wildman–Crippen MR) is 111 cm³/mol. The first-order valence-electron chi connectivity index (χ1n) is 9.38. The molecule has 0 spiro atoms. The molecule has 8 heteroatoms. The van der Waals surface area contributed by atoms with Crippen LogP contribution in [0.4, 0.5) is 0 Å². The summed E-state index contributed by atoms with van der Waals surface area (Å²) in [5.74, 6) is 0.208. The van der Waals surface area contributed by atoms with Gasteiger partial charge in [0.15, 0.2) is 0 Å². The Hall–Kier alpha value is -1.15. The van der Waals surface area contributed by atoms with Gasteiger partial charge in [0.2, 0.25) is 10.0 Å². The average molecular weight is 418 g/mol. The largest absolute Gasteiger partial charge is 0.348 e. The molecule has 0 saturated carbocycles. The van der Waals surface area contributed by atoms with Gasteiger partial charge in [-0.1, -0.05) is 20.3 Å². The third-order valence-corrected chi connectivity index (χ3v) is 6.87. The summed E-state index contributed by atoms with van der Waals surface area (Å²) < 4.78 is 27.2. The maximum absolute atomic E-state index is 12.8. The van der Waals surface area contributed by atoms with Crippen LogP contribution in [0.15, 0.2) is 29.2 Å². The van der Waals surface area contributed by atoms with Crippen LogP contribution in [-0.2, 0) is 10.0 Å². The number of benzene rings is 1. The second kappa shape index (κ2) is 10.4. The predicted octanol–water partition coefficient (Wildman–Crippen LogP) is 2.77. The first-order chi connectivity index (χ1) is 12.3. The van der Waals surface area contributed by atoms with E-state index < -0.39 is 10.0 Å². The number of nitrogens with zero attached hydrogens (tertiary/aromatic N) is 1. The fraction of sp³-hybridized carbons (Fsp3) is 0.632. The van der Waals surface area contributed by atoms with Gasteiger partial charge in [0.05, 0.1) is 4.90 Å². The summed E-state index contributed by atoms with van der Waals surface area (Å²) in [5, 5.41) is 2.92. The topological polar surface area (TPSA) is 92.5 Å². The number of hydrogen-bond donors (Lipinski definition) is 2. The normalized spacial score (nSPS) is 19.4. The lowest BCUT2D eigenvalue weighted by molar-refractivity contribution is 0.0933. The van der Waals surface area contributed by atoms with Crippen molar-refractivity contribution < 1.29 is 13.2 Å². The van der Waals surface area contributed by atoms with Gasteiger partial charge in [-0.15, -0.1) is 12.4 Å². The molecule has 6 nitrogen and oxygen atoms in total. The van der Waals surface area contributed by atoms with Crippen molar-refractivity contribution in [2.24, 2.45) is 11.7 Å². The van der Waals surface area contributed by atoms with E-state index in [0.29, 0.717) is 24.6 Å². The van der Waals surface area contributed by atoms with Crippen molar-refractivity contribution in [1.82, 2.24) is 9.62 Å². The molecule has 1 aliphatic heterocycles.